The van der Waals surface area contributed by atoms with Crippen molar-refractivity contribution >= 4 is 0 Å². The summed E-state index contributed by atoms with van der Waals surface area (Å²) in [4.78, 5) is 2.54. The van der Waals surface area contributed by atoms with Crippen molar-refractivity contribution in [3.05, 3.63) is 0 Å². The van der Waals surface area contributed by atoms with Crippen molar-refractivity contribution in [3.63, 3.8) is 0 Å². The second kappa shape index (κ2) is 5.05. The highest BCUT2D eigenvalue weighted by Crippen LogP contribution is 2.35. The first-order chi connectivity index (χ1) is 7.61. The van der Waals surface area contributed by atoms with Crippen LogP contribution in [0.5, 0.6) is 0 Å². The molecular weight excluding hydrogens is 198 g/mol. The molecule has 2 rings (SSSR count). The SMILES string of the molecule is CCN(CC1CC1)C1C(C)CC(C)CC1O. The van der Waals surface area contributed by atoms with Crippen LogP contribution < -0.4 is 0 Å². The highest BCUT2D eigenvalue weighted by atomic mass is 16.3. The Hall–Kier alpha value is -0.0800. The van der Waals surface area contributed by atoms with Gasteiger partial charge in [-0.1, -0.05) is 20.8 Å². The molecule has 0 bridgehead atoms. The predicted molar refractivity (Wildman–Crippen MR) is 67.3 cm³/mol. The van der Waals surface area contributed by atoms with E-state index in [0.717, 1.165) is 18.9 Å². The Labute approximate surface area is 100 Å². The zero-order valence-corrected chi connectivity index (χ0v) is 11.0. The maximum atomic E-state index is 10.3. The molecule has 0 saturated heterocycles. The topological polar surface area (TPSA) is 23.5 Å². The van der Waals surface area contributed by atoms with Crippen LogP contribution in [0.15, 0.2) is 0 Å². The molecule has 0 aromatic carbocycles. The Bertz CT molecular complexity index is 215. The molecule has 16 heavy (non-hydrogen) atoms. The normalized spacial score (nSPS) is 40.3. The van der Waals surface area contributed by atoms with Gasteiger partial charge in [-0.25, -0.2) is 0 Å². The number of nitrogens with zero attached hydrogens (tertiary/aromatic N) is 1. The first-order valence-electron chi connectivity index (χ1n) is 7.04. The van der Waals surface area contributed by atoms with Gasteiger partial charge in [0.1, 0.15) is 0 Å². The van der Waals surface area contributed by atoms with Crippen LogP contribution in [0.1, 0.15) is 46.5 Å². The van der Waals surface area contributed by atoms with Crippen LogP contribution in [0, 0.1) is 17.8 Å². The van der Waals surface area contributed by atoms with Crippen LogP contribution in [0.4, 0.5) is 0 Å². The van der Waals surface area contributed by atoms with Crippen molar-refractivity contribution in [2.24, 2.45) is 17.8 Å². The van der Waals surface area contributed by atoms with Crippen molar-refractivity contribution in [1.82, 2.24) is 4.90 Å². The fourth-order valence-corrected chi connectivity index (χ4v) is 3.50. The third-order valence-electron chi connectivity index (χ3n) is 4.41. The highest BCUT2D eigenvalue weighted by molar-refractivity contribution is 4.91. The summed E-state index contributed by atoms with van der Waals surface area (Å²) in [6.45, 7) is 9.14. The average molecular weight is 225 g/mol. The number of likely N-dealkylation sites (N-methyl/N-ethyl adjacent to an activating group) is 1. The van der Waals surface area contributed by atoms with Gasteiger partial charge < -0.3 is 5.11 Å². The van der Waals surface area contributed by atoms with Gasteiger partial charge in [0.05, 0.1) is 6.10 Å². The van der Waals surface area contributed by atoms with Crippen LogP contribution in [0.3, 0.4) is 0 Å². The lowest BCUT2D eigenvalue weighted by Gasteiger charge is -2.43. The molecule has 2 nitrogen and oxygen atoms in total. The fraction of sp³-hybridized carbons (Fsp3) is 1.00. The van der Waals surface area contributed by atoms with E-state index in [2.05, 4.69) is 25.7 Å². The lowest BCUT2D eigenvalue weighted by Crippen LogP contribution is -2.51. The first-order valence-corrected chi connectivity index (χ1v) is 7.04. The summed E-state index contributed by atoms with van der Waals surface area (Å²) in [7, 11) is 0. The van der Waals surface area contributed by atoms with E-state index >= 15 is 0 Å². The Morgan fingerprint density at radius 1 is 1.19 bits per heavy atom. The molecule has 2 saturated carbocycles. The summed E-state index contributed by atoms with van der Waals surface area (Å²) in [6.07, 6.45) is 4.99. The van der Waals surface area contributed by atoms with Gasteiger partial charge in [-0.3, -0.25) is 4.90 Å². The van der Waals surface area contributed by atoms with E-state index in [-0.39, 0.29) is 6.10 Å². The Kier molecular flexibility index (Phi) is 3.91. The Morgan fingerprint density at radius 3 is 2.38 bits per heavy atom. The van der Waals surface area contributed by atoms with Gasteiger partial charge in [0.25, 0.3) is 0 Å². The number of aliphatic hydroxyl groups is 1. The number of rotatable bonds is 4. The Morgan fingerprint density at radius 2 is 1.88 bits per heavy atom. The van der Waals surface area contributed by atoms with E-state index in [0.29, 0.717) is 17.9 Å². The zero-order valence-electron chi connectivity index (χ0n) is 11.0. The summed E-state index contributed by atoms with van der Waals surface area (Å²) in [5.41, 5.74) is 0. The molecule has 4 atom stereocenters. The van der Waals surface area contributed by atoms with Gasteiger partial charge in [-0.15, -0.1) is 0 Å². The number of hydrogen-bond acceptors (Lipinski definition) is 2. The monoisotopic (exact) mass is 225 g/mol. The van der Waals surface area contributed by atoms with Crippen molar-refractivity contribution in [2.75, 3.05) is 13.1 Å². The van der Waals surface area contributed by atoms with Gasteiger partial charge in [-0.05, 0) is 50.0 Å². The summed E-state index contributed by atoms with van der Waals surface area (Å²) in [5.74, 6) is 2.28. The maximum absolute atomic E-state index is 10.3. The summed E-state index contributed by atoms with van der Waals surface area (Å²) in [5, 5.41) is 10.3. The van der Waals surface area contributed by atoms with E-state index in [1.165, 1.54) is 25.8 Å². The molecule has 0 radical (unpaired) electrons. The van der Waals surface area contributed by atoms with E-state index in [4.69, 9.17) is 0 Å². The lowest BCUT2D eigenvalue weighted by molar-refractivity contribution is -0.0241. The highest BCUT2D eigenvalue weighted by Gasteiger charge is 2.37. The quantitative estimate of drug-likeness (QED) is 0.794. The largest absolute Gasteiger partial charge is 0.391 e. The molecule has 0 aliphatic heterocycles. The third kappa shape index (κ3) is 2.78. The summed E-state index contributed by atoms with van der Waals surface area (Å²) >= 11 is 0. The molecule has 0 aromatic rings. The molecule has 4 unspecified atom stereocenters. The van der Waals surface area contributed by atoms with Gasteiger partial charge in [0.2, 0.25) is 0 Å². The van der Waals surface area contributed by atoms with E-state index in [1.54, 1.807) is 0 Å². The van der Waals surface area contributed by atoms with Crippen LogP contribution in [-0.2, 0) is 0 Å². The smallest absolute Gasteiger partial charge is 0.0700 e. The van der Waals surface area contributed by atoms with Gasteiger partial charge in [0.15, 0.2) is 0 Å². The molecule has 2 fully saturated rings. The molecular formula is C14H27NO. The zero-order chi connectivity index (χ0) is 11.7. The van der Waals surface area contributed by atoms with E-state index < -0.39 is 0 Å². The van der Waals surface area contributed by atoms with Crippen LogP contribution >= 0.6 is 0 Å². The first kappa shape index (κ1) is 12.4. The van der Waals surface area contributed by atoms with Crippen LogP contribution in [0.25, 0.3) is 0 Å². The lowest BCUT2D eigenvalue weighted by atomic mass is 9.77. The van der Waals surface area contributed by atoms with Gasteiger partial charge in [-0.2, -0.15) is 0 Å². The summed E-state index contributed by atoms with van der Waals surface area (Å²) < 4.78 is 0. The van der Waals surface area contributed by atoms with Crippen LogP contribution in [0.2, 0.25) is 0 Å². The van der Waals surface area contributed by atoms with Gasteiger partial charge >= 0.3 is 0 Å². The number of aliphatic hydroxyl groups excluding tert-OH is 1. The standard InChI is InChI=1S/C14H27NO/c1-4-15(9-12-5-6-12)14-11(3)7-10(2)8-13(14)16/h10-14,16H,4-9H2,1-3H3. The average Bonchev–Trinajstić information content (AvgIpc) is 2.98. The van der Waals surface area contributed by atoms with Crippen LogP contribution in [-0.4, -0.2) is 35.2 Å². The molecule has 0 amide bonds. The fourth-order valence-electron chi connectivity index (χ4n) is 3.50. The molecule has 0 heterocycles. The maximum Gasteiger partial charge on any atom is 0.0700 e. The van der Waals surface area contributed by atoms with E-state index in [9.17, 15) is 5.11 Å². The predicted octanol–water partition coefficient (Wildman–Crippen LogP) is 2.51. The van der Waals surface area contributed by atoms with Crippen molar-refractivity contribution in [3.8, 4) is 0 Å². The third-order valence-corrected chi connectivity index (χ3v) is 4.41. The number of hydrogen-bond donors (Lipinski definition) is 1. The molecule has 2 aliphatic carbocycles. The minimum Gasteiger partial charge on any atom is -0.391 e. The van der Waals surface area contributed by atoms with Crippen molar-refractivity contribution in [2.45, 2.75) is 58.6 Å². The second-order valence-electron chi connectivity index (χ2n) is 6.14. The molecule has 1 N–H and O–H groups in total. The minimum atomic E-state index is -0.0996. The van der Waals surface area contributed by atoms with E-state index in [1.807, 2.05) is 0 Å². The van der Waals surface area contributed by atoms with Crippen molar-refractivity contribution < 1.29 is 5.11 Å². The molecule has 2 heteroatoms. The van der Waals surface area contributed by atoms with Gasteiger partial charge in [0, 0.05) is 12.6 Å². The van der Waals surface area contributed by atoms with Crippen molar-refractivity contribution in [1.29, 1.82) is 0 Å². The molecule has 2 aliphatic rings. The second-order valence-corrected chi connectivity index (χ2v) is 6.14. The minimum absolute atomic E-state index is 0.0996. The molecule has 0 aromatic heterocycles. The molecule has 0 spiro atoms. The molecule has 94 valence electrons. The Balaban J connectivity index is 1.97. The summed E-state index contributed by atoms with van der Waals surface area (Å²) in [6, 6.07) is 0.418.